The lowest BCUT2D eigenvalue weighted by molar-refractivity contribution is -0.141. The van der Waals surface area contributed by atoms with Gasteiger partial charge in [0.05, 0.1) is 0 Å². The summed E-state index contributed by atoms with van der Waals surface area (Å²) in [7, 11) is 0. The maximum Gasteiger partial charge on any atom is 0.243 e. The lowest BCUT2D eigenvalue weighted by atomic mass is 10.0. The zero-order valence-corrected chi connectivity index (χ0v) is 24.0. The summed E-state index contributed by atoms with van der Waals surface area (Å²) >= 11 is 14.3. The van der Waals surface area contributed by atoms with Gasteiger partial charge < -0.3 is 10.2 Å². The number of hydrogen-bond donors (Lipinski definition) is 1. The quantitative estimate of drug-likeness (QED) is 0.244. The van der Waals surface area contributed by atoms with Crippen LogP contribution in [0.25, 0.3) is 0 Å². The summed E-state index contributed by atoms with van der Waals surface area (Å²) in [6.45, 7) is 2.29. The minimum atomic E-state index is -0.651. The Morgan fingerprint density at radius 3 is 2.39 bits per heavy atom. The SMILES string of the molecule is Cc1ccc(SCCC(=O)N(Cc2ccc(Cl)cc2Cl)[C@@H](Cc2ccccc2)C(=O)NC2CCCC2)cc1. The predicted octanol–water partition coefficient (Wildman–Crippen LogP) is 7.48. The van der Waals surface area contributed by atoms with Crippen molar-refractivity contribution in [3.8, 4) is 0 Å². The van der Waals surface area contributed by atoms with Crippen LogP contribution in [0.4, 0.5) is 0 Å². The first-order valence-electron chi connectivity index (χ1n) is 13.2. The van der Waals surface area contributed by atoms with E-state index in [0.29, 0.717) is 28.6 Å². The molecule has 1 N–H and O–H groups in total. The van der Waals surface area contributed by atoms with Crippen molar-refractivity contribution in [1.29, 1.82) is 0 Å². The summed E-state index contributed by atoms with van der Waals surface area (Å²) < 4.78 is 0. The molecule has 0 spiro atoms. The number of carbonyl (C=O) groups excluding carboxylic acids is 2. The van der Waals surface area contributed by atoms with Gasteiger partial charge in [0.1, 0.15) is 6.04 Å². The summed E-state index contributed by atoms with van der Waals surface area (Å²) in [5, 5.41) is 4.26. The van der Waals surface area contributed by atoms with Crippen molar-refractivity contribution in [1.82, 2.24) is 10.2 Å². The summed E-state index contributed by atoms with van der Waals surface area (Å²) in [6, 6.07) is 23.0. The van der Waals surface area contributed by atoms with Crippen LogP contribution < -0.4 is 5.32 Å². The number of hydrogen-bond acceptors (Lipinski definition) is 3. The van der Waals surface area contributed by atoms with Crippen LogP contribution in [-0.4, -0.2) is 34.6 Å². The number of amides is 2. The zero-order chi connectivity index (χ0) is 26.9. The van der Waals surface area contributed by atoms with Gasteiger partial charge in [-0.3, -0.25) is 9.59 Å². The predicted molar refractivity (Wildman–Crippen MR) is 158 cm³/mol. The molecule has 4 nitrogen and oxygen atoms in total. The maximum absolute atomic E-state index is 13.8. The molecule has 0 bridgehead atoms. The van der Waals surface area contributed by atoms with E-state index in [0.717, 1.165) is 41.7 Å². The highest BCUT2D eigenvalue weighted by Crippen LogP contribution is 2.26. The van der Waals surface area contributed by atoms with Crippen LogP contribution in [0.2, 0.25) is 10.0 Å². The van der Waals surface area contributed by atoms with Crippen LogP contribution in [0.1, 0.15) is 48.8 Å². The number of nitrogens with zero attached hydrogens (tertiary/aromatic N) is 1. The van der Waals surface area contributed by atoms with Crippen LogP contribution >= 0.6 is 35.0 Å². The van der Waals surface area contributed by atoms with Crippen molar-refractivity contribution in [2.75, 3.05) is 5.75 Å². The van der Waals surface area contributed by atoms with Crippen LogP contribution in [0.3, 0.4) is 0 Å². The maximum atomic E-state index is 13.8. The molecular weight excluding hydrogens is 535 g/mol. The van der Waals surface area contributed by atoms with Gasteiger partial charge in [0.2, 0.25) is 11.8 Å². The monoisotopic (exact) mass is 568 g/mol. The van der Waals surface area contributed by atoms with E-state index < -0.39 is 6.04 Å². The number of aryl methyl sites for hydroxylation is 1. The average molecular weight is 570 g/mol. The molecule has 7 heteroatoms. The van der Waals surface area contributed by atoms with Crippen molar-refractivity contribution in [2.24, 2.45) is 0 Å². The Balaban J connectivity index is 1.58. The fourth-order valence-corrected chi connectivity index (χ4v) is 6.10. The van der Waals surface area contributed by atoms with E-state index in [1.807, 2.05) is 36.4 Å². The second kappa shape index (κ2) is 14.1. The Morgan fingerprint density at radius 1 is 1.00 bits per heavy atom. The normalized spacial score (nSPS) is 14.3. The smallest absolute Gasteiger partial charge is 0.243 e. The number of rotatable bonds is 11. The van der Waals surface area contributed by atoms with Crippen molar-refractivity contribution in [2.45, 2.75) is 69.0 Å². The first-order valence-corrected chi connectivity index (χ1v) is 14.9. The third-order valence-electron chi connectivity index (χ3n) is 6.93. The van der Waals surface area contributed by atoms with E-state index in [1.54, 1.807) is 28.8 Å². The Hall–Kier alpha value is -2.47. The molecule has 38 heavy (non-hydrogen) atoms. The van der Waals surface area contributed by atoms with E-state index in [-0.39, 0.29) is 24.4 Å². The Kier molecular flexibility index (Phi) is 10.6. The fourth-order valence-electron chi connectivity index (χ4n) is 4.79. The van der Waals surface area contributed by atoms with Crippen LogP contribution in [0, 0.1) is 6.92 Å². The molecule has 1 aliphatic rings. The summed E-state index contributed by atoms with van der Waals surface area (Å²) in [4.78, 5) is 30.4. The first kappa shape index (κ1) is 28.5. The third-order valence-corrected chi connectivity index (χ3v) is 8.53. The highest BCUT2D eigenvalue weighted by molar-refractivity contribution is 7.99. The molecule has 0 heterocycles. The van der Waals surface area contributed by atoms with Gasteiger partial charge in [-0.05, 0) is 55.2 Å². The van der Waals surface area contributed by atoms with Gasteiger partial charge in [-0.25, -0.2) is 0 Å². The molecule has 0 aliphatic heterocycles. The third kappa shape index (κ3) is 8.26. The van der Waals surface area contributed by atoms with E-state index >= 15 is 0 Å². The molecule has 200 valence electrons. The molecule has 0 unspecified atom stereocenters. The van der Waals surface area contributed by atoms with Gasteiger partial charge in [0.15, 0.2) is 0 Å². The zero-order valence-electron chi connectivity index (χ0n) is 21.7. The lowest BCUT2D eigenvalue weighted by Gasteiger charge is -2.32. The van der Waals surface area contributed by atoms with Crippen LogP contribution in [0.5, 0.6) is 0 Å². The second-order valence-corrected chi connectivity index (χ2v) is 11.9. The van der Waals surface area contributed by atoms with Crippen LogP contribution in [0.15, 0.2) is 77.7 Å². The van der Waals surface area contributed by atoms with Crippen LogP contribution in [-0.2, 0) is 22.6 Å². The van der Waals surface area contributed by atoms with Gasteiger partial charge in [0, 0.05) is 46.1 Å². The highest BCUT2D eigenvalue weighted by atomic mass is 35.5. The minimum absolute atomic E-state index is 0.0712. The highest BCUT2D eigenvalue weighted by Gasteiger charge is 2.32. The molecule has 2 amide bonds. The van der Waals surface area contributed by atoms with Gasteiger partial charge in [-0.15, -0.1) is 11.8 Å². The molecule has 0 radical (unpaired) electrons. The molecule has 1 fully saturated rings. The number of thioether (sulfide) groups is 1. The summed E-state index contributed by atoms with van der Waals surface area (Å²) in [6.07, 6.45) is 4.94. The van der Waals surface area contributed by atoms with Gasteiger partial charge in [-0.1, -0.05) is 90.1 Å². The standard InChI is InChI=1S/C31H34Cl2N2O2S/c1-22-11-15-27(16-12-22)38-18-17-30(36)35(21-24-13-14-25(32)20-28(24)33)29(19-23-7-3-2-4-8-23)31(37)34-26-9-5-6-10-26/h2-4,7-8,11-16,20,26,29H,5-6,9-10,17-19,21H2,1H3,(H,34,37)/t29-/m0/s1. The molecule has 1 aliphatic carbocycles. The van der Waals surface area contributed by atoms with E-state index in [9.17, 15) is 9.59 Å². The molecule has 1 saturated carbocycles. The average Bonchev–Trinajstić information content (AvgIpc) is 3.42. The number of benzene rings is 3. The molecule has 3 aromatic carbocycles. The summed E-state index contributed by atoms with van der Waals surface area (Å²) in [5.74, 6) is 0.443. The topological polar surface area (TPSA) is 49.4 Å². The number of nitrogens with one attached hydrogen (secondary N) is 1. The van der Waals surface area contributed by atoms with E-state index in [2.05, 4.69) is 36.5 Å². The molecule has 3 aromatic rings. The van der Waals surface area contributed by atoms with Gasteiger partial charge in [-0.2, -0.15) is 0 Å². The first-order chi connectivity index (χ1) is 18.4. The molecule has 0 saturated heterocycles. The molecule has 4 rings (SSSR count). The van der Waals surface area contributed by atoms with Crippen molar-refractivity contribution < 1.29 is 9.59 Å². The second-order valence-electron chi connectivity index (χ2n) is 9.86. The van der Waals surface area contributed by atoms with Gasteiger partial charge in [0.25, 0.3) is 0 Å². The largest absolute Gasteiger partial charge is 0.352 e. The fraction of sp³-hybridized carbons (Fsp3) is 0.355. The van der Waals surface area contributed by atoms with Crippen molar-refractivity contribution >= 4 is 46.8 Å². The van der Waals surface area contributed by atoms with Crippen molar-refractivity contribution in [3.05, 3.63) is 99.5 Å². The Bertz CT molecular complexity index is 1210. The number of carbonyl (C=O) groups is 2. The van der Waals surface area contributed by atoms with E-state index in [1.165, 1.54) is 5.56 Å². The molecular formula is C31H34Cl2N2O2S. The molecule has 1 atom stereocenters. The minimum Gasteiger partial charge on any atom is -0.352 e. The lowest BCUT2D eigenvalue weighted by Crippen LogP contribution is -2.52. The number of halogens is 2. The summed E-state index contributed by atoms with van der Waals surface area (Å²) in [5.41, 5.74) is 2.98. The van der Waals surface area contributed by atoms with Crippen molar-refractivity contribution in [3.63, 3.8) is 0 Å². The molecule has 0 aromatic heterocycles. The Morgan fingerprint density at radius 2 is 1.71 bits per heavy atom. The van der Waals surface area contributed by atoms with Gasteiger partial charge >= 0.3 is 0 Å². The van der Waals surface area contributed by atoms with E-state index in [4.69, 9.17) is 23.2 Å². The Labute approximate surface area is 240 Å².